The van der Waals surface area contributed by atoms with Crippen molar-refractivity contribution in [3.63, 3.8) is 0 Å². The first-order valence-corrected chi connectivity index (χ1v) is 7.55. The normalized spacial score (nSPS) is 29.8. The summed E-state index contributed by atoms with van der Waals surface area (Å²) in [7, 11) is 2.26. The van der Waals surface area contributed by atoms with E-state index in [2.05, 4.69) is 38.0 Å². The van der Waals surface area contributed by atoms with Crippen molar-refractivity contribution in [2.75, 3.05) is 20.1 Å². The molecule has 2 aliphatic rings. The zero-order valence-corrected chi connectivity index (χ0v) is 12.5. The predicted molar refractivity (Wildman–Crippen MR) is 75.9 cm³/mol. The summed E-state index contributed by atoms with van der Waals surface area (Å²) in [6.07, 6.45) is 7.51. The molecule has 1 saturated carbocycles. The molecule has 1 aliphatic carbocycles. The van der Waals surface area contributed by atoms with Gasteiger partial charge >= 0.3 is 0 Å². The van der Waals surface area contributed by atoms with Gasteiger partial charge in [-0.3, -0.25) is 0 Å². The third-order valence-electron chi connectivity index (χ3n) is 4.25. The quantitative estimate of drug-likeness (QED) is 0.815. The van der Waals surface area contributed by atoms with E-state index in [1.54, 1.807) is 0 Å². The molecule has 0 aromatic heterocycles. The number of hydrogen-bond donors (Lipinski definition) is 1. The lowest BCUT2D eigenvalue weighted by atomic mass is 9.91. The van der Waals surface area contributed by atoms with E-state index in [1.807, 2.05) is 0 Å². The lowest BCUT2D eigenvalue weighted by molar-refractivity contribution is 0.0105. The van der Waals surface area contributed by atoms with E-state index in [1.165, 1.54) is 32.1 Å². The van der Waals surface area contributed by atoms with Crippen LogP contribution in [-0.4, -0.2) is 48.8 Å². The molecule has 1 saturated heterocycles. The molecule has 0 aromatic rings. The van der Waals surface area contributed by atoms with Gasteiger partial charge in [0, 0.05) is 24.7 Å². The van der Waals surface area contributed by atoms with Crippen molar-refractivity contribution in [1.82, 2.24) is 10.2 Å². The zero-order chi connectivity index (χ0) is 13.2. The van der Waals surface area contributed by atoms with Gasteiger partial charge in [0.1, 0.15) is 0 Å². The number of ether oxygens (including phenoxy) is 1. The van der Waals surface area contributed by atoms with E-state index in [9.17, 15) is 0 Å². The van der Waals surface area contributed by atoms with Gasteiger partial charge in [-0.05, 0) is 53.5 Å². The van der Waals surface area contributed by atoms with Crippen LogP contribution in [0.2, 0.25) is 0 Å². The molecule has 3 nitrogen and oxygen atoms in total. The maximum atomic E-state index is 6.14. The van der Waals surface area contributed by atoms with Gasteiger partial charge in [0.25, 0.3) is 0 Å². The fraction of sp³-hybridized carbons (Fsp3) is 1.00. The molecular weight excluding hydrogens is 224 g/mol. The molecule has 18 heavy (non-hydrogen) atoms. The fourth-order valence-electron chi connectivity index (χ4n) is 2.78. The van der Waals surface area contributed by atoms with Crippen molar-refractivity contribution in [2.45, 2.75) is 76.7 Å². The van der Waals surface area contributed by atoms with Crippen LogP contribution in [0, 0.1) is 0 Å². The van der Waals surface area contributed by atoms with Gasteiger partial charge in [0.05, 0.1) is 12.2 Å². The molecule has 1 aliphatic heterocycles. The summed E-state index contributed by atoms with van der Waals surface area (Å²) < 4.78 is 6.14. The van der Waals surface area contributed by atoms with E-state index in [4.69, 9.17) is 4.74 Å². The molecule has 0 spiro atoms. The van der Waals surface area contributed by atoms with E-state index < -0.39 is 0 Å². The Morgan fingerprint density at radius 1 is 1.11 bits per heavy atom. The first-order chi connectivity index (χ1) is 8.44. The number of nitrogens with zero attached hydrogens (tertiary/aromatic N) is 1. The summed E-state index contributed by atoms with van der Waals surface area (Å²) in [6.45, 7) is 8.75. The Morgan fingerprint density at radius 2 is 1.78 bits per heavy atom. The third-order valence-corrected chi connectivity index (χ3v) is 4.25. The van der Waals surface area contributed by atoms with Crippen LogP contribution in [0.15, 0.2) is 0 Å². The van der Waals surface area contributed by atoms with Gasteiger partial charge in [-0.1, -0.05) is 6.42 Å². The Morgan fingerprint density at radius 3 is 2.33 bits per heavy atom. The maximum absolute atomic E-state index is 6.14. The molecule has 3 heteroatoms. The number of rotatable bonds is 5. The highest BCUT2D eigenvalue weighted by Crippen LogP contribution is 2.26. The van der Waals surface area contributed by atoms with Crippen molar-refractivity contribution in [3.05, 3.63) is 0 Å². The summed E-state index contributed by atoms with van der Waals surface area (Å²) in [6, 6.07) is 0.834. The van der Waals surface area contributed by atoms with E-state index in [-0.39, 0.29) is 5.54 Å². The van der Waals surface area contributed by atoms with Crippen LogP contribution in [0.5, 0.6) is 0 Å². The van der Waals surface area contributed by atoms with Crippen molar-refractivity contribution >= 4 is 0 Å². The highest BCUT2D eigenvalue weighted by atomic mass is 16.5. The first kappa shape index (κ1) is 14.3. The molecule has 0 amide bonds. The Kier molecular flexibility index (Phi) is 4.68. The number of likely N-dealkylation sites (N-methyl/N-ethyl adjacent to an activating group) is 1. The highest BCUT2D eigenvalue weighted by molar-refractivity contribution is 4.84. The van der Waals surface area contributed by atoms with Gasteiger partial charge in [0.2, 0.25) is 0 Å². The van der Waals surface area contributed by atoms with Crippen LogP contribution < -0.4 is 5.32 Å². The second-order valence-electron chi connectivity index (χ2n) is 7.11. The SMILES string of the molecule is CN(CC1CCC(CNC(C)(C)C)O1)C1CCC1. The van der Waals surface area contributed by atoms with E-state index in [0.717, 1.165) is 19.1 Å². The van der Waals surface area contributed by atoms with E-state index >= 15 is 0 Å². The Labute approximate surface area is 112 Å². The number of hydrogen-bond acceptors (Lipinski definition) is 3. The molecule has 0 bridgehead atoms. The average Bonchev–Trinajstić information content (AvgIpc) is 2.58. The van der Waals surface area contributed by atoms with Crippen molar-refractivity contribution < 1.29 is 4.74 Å². The molecule has 0 aromatic carbocycles. The largest absolute Gasteiger partial charge is 0.372 e. The molecule has 106 valence electrons. The first-order valence-electron chi connectivity index (χ1n) is 7.55. The van der Waals surface area contributed by atoms with Crippen molar-refractivity contribution in [1.29, 1.82) is 0 Å². The summed E-state index contributed by atoms with van der Waals surface area (Å²) in [5, 5.41) is 3.54. The monoisotopic (exact) mass is 254 g/mol. The van der Waals surface area contributed by atoms with Gasteiger partial charge in [-0.15, -0.1) is 0 Å². The molecule has 1 N–H and O–H groups in total. The standard InChI is InChI=1S/C15H30N2O/c1-15(2,3)16-10-13-8-9-14(18-13)11-17(4)12-6-5-7-12/h12-14,16H,5-11H2,1-4H3. The second-order valence-corrected chi connectivity index (χ2v) is 7.11. The Hall–Kier alpha value is -0.120. The Bertz CT molecular complexity index is 258. The fourth-order valence-corrected chi connectivity index (χ4v) is 2.78. The molecule has 2 atom stereocenters. The summed E-state index contributed by atoms with van der Waals surface area (Å²) in [4.78, 5) is 2.51. The van der Waals surface area contributed by atoms with Crippen molar-refractivity contribution in [2.24, 2.45) is 0 Å². The molecule has 2 rings (SSSR count). The smallest absolute Gasteiger partial charge is 0.0707 e. The van der Waals surface area contributed by atoms with Crippen LogP contribution in [0.3, 0.4) is 0 Å². The second kappa shape index (κ2) is 5.89. The number of nitrogens with one attached hydrogen (secondary N) is 1. The summed E-state index contributed by atoms with van der Waals surface area (Å²) in [5.74, 6) is 0. The predicted octanol–water partition coefficient (Wildman–Crippen LogP) is 2.41. The summed E-state index contributed by atoms with van der Waals surface area (Å²) in [5.41, 5.74) is 0.199. The van der Waals surface area contributed by atoms with Crippen LogP contribution >= 0.6 is 0 Å². The minimum atomic E-state index is 0.199. The van der Waals surface area contributed by atoms with Gasteiger partial charge in [0.15, 0.2) is 0 Å². The summed E-state index contributed by atoms with van der Waals surface area (Å²) >= 11 is 0. The molecule has 0 radical (unpaired) electrons. The van der Waals surface area contributed by atoms with Gasteiger partial charge in [-0.25, -0.2) is 0 Å². The topological polar surface area (TPSA) is 24.5 Å². The minimum absolute atomic E-state index is 0.199. The zero-order valence-electron chi connectivity index (χ0n) is 12.5. The van der Waals surface area contributed by atoms with Gasteiger partial charge < -0.3 is 15.0 Å². The molecule has 2 unspecified atom stereocenters. The van der Waals surface area contributed by atoms with Crippen LogP contribution in [0.4, 0.5) is 0 Å². The van der Waals surface area contributed by atoms with Gasteiger partial charge in [-0.2, -0.15) is 0 Å². The van der Waals surface area contributed by atoms with Crippen molar-refractivity contribution in [3.8, 4) is 0 Å². The molecular formula is C15H30N2O. The molecule has 2 fully saturated rings. The lowest BCUT2D eigenvalue weighted by Crippen LogP contribution is -2.43. The molecule has 1 heterocycles. The average molecular weight is 254 g/mol. The highest BCUT2D eigenvalue weighted by Gasteiger charge is 2.30. The maximum Gasteiger partial charge on any atom is 0.0707 e. The van der Waals surface area contributed by atoms with Crippen LogP contribution in [0.1, 0.15) is 52.9 Å². The minimum Gasteiger partial charge on any atom is -0.372 e. The van der Waals surface area contributed by atoms with E-state index in [0.29, 0.717) is 12.2 Å². The lowest BCUT2D eigenvalue weighted by Gasteiger charge is -2.36. The Balaban J connectivity index is 1.65. The third kappa shape index (κ3) is 4.22. The van der Waals surface area contributed by atoms with Crippen LogP contribution in [0.25, 0.3) is 0 Å². The van der Waals surface area contributed by atoms with Crippen LogP contribution in [-0.2, 0) is 4.74 Å².